The normalized spacial score (nSPS) is 20.7. The van der Waals surface area contributed by atoms with Crippen LogP contribution in [0.25, 0.3) is 0 Å². The van der Waals surface area contributed by atoms with Crippen molar-refractivity contribution < 1.29 is 22.7 Å². The van der Waals surface area contributed by atoms with Crippen LogP contribution in [0.15, 0.2) is 36.4 Å². The fraction of sp³-hybridized carbons (Fsp3) is 0.423. The molecule has 2 saturated heterocycles. The Bertz CT molecular complexity index is 1220. The molecule has 1 amide bonds. The number of amidine groups is 1. The lowest BCUT2D eigenvalue weighted by Gasteiger charge is -2.43. The molecule has 3 aliphatic rings. The molecule has 5 rings (SSSR count). The third-order valence-electron chi connectivity index (χ3n) is 7.48. The third kappa shape index (κ3) is 4.18. The van der Waals surface area contributed by atoms with Gasteiger partial charge in [-0.2, -0.15) is 13.2 Å². The molecule has 3 N–H and O–H groups in total. The molecule has 0 aromatic heterocycles. The van der Waals surface area contributed by atoms with Crippen molar-refractivity contribution >= 4 is 23.8 Å². The van der Waals surface area contributed by atoms with Crippen molar-refractivity contribution in [3.05, 3.63) is 64.2 Å². The van der Waals surface area contributed by atoms with Gasteiger partial charge in [-0.25, -0.2) is 0 Å². The second-order valence-electron chi connectivity index (χ2n) is 9.82. The summed E-state index contributed by atoms with van der Waals surface area (Å²) in [5, 5.41) is 18.9. The van der Waals surface area contributed by atoms with E-state index in [1.54, 1.807) is 25.2 Å². The van der Waals surface area contributed by atoms with Gasteiger partial charge in [0.2, 0.25) is 0 Å². The molecule has 0 bridgehead atoms. The maximum Gasteiger partial charge on any atom is 0.416 e. The van der Waals surface area contributed by atoms with Crippen LogP contribution < -0.4 is 10.2 Å². The van der Waals surface area contributed by atoms with E-state index in [1.807, 2.05) is 12.1 Å². The van der Waals surface area contributed by atoms with Crippen LogP contribution in [0.4, 0.5) is 18.9 Å². The second-order valence-corrected chi connectivity index (χ2v) is 9.82. The number of carbonyl (C=O) groups excluding carboxylic acids is 1. The van der Waals surface area contributed by atoms with Gasteiger partial charge in [0.05, 0.1) is 31.7 Å². The highest BCUT2D eigenvalue weighted by molar-refractivity contribution is 6.10. The van der Waals surface area contributed by atoms with Crippen LogP contribution in [0, 0.1) is 10.8 Å². The molecule has 0 radical (unpaired) electrons. The van der Waals surface area contributed by atoms with Crippen molar-refractivity contribution in [3.63, 3.8) is 0 Å². The first-order chi connectivity index (χ1) is 17.1. The van der Waals surface area contributed by atoms with Crippen LogP contribution >= 0.6 is 0 Å². The van der Waals surface area contributed by atoms with Gasteiger partial charge in [0.25, 0.3) is 5.91 Å². The van der Waals surface area contributed by atoms with Crippen LogP contribution in [0.2, 0.25) is 0 Å². The molecule has 2 aromatic carbocycles. The lowest BCUT2D eigenvalue weighted by Crippen LogP contribution is -2.49. The zero-order chi connectivity index (χ0) is 25.7. The molecule has 36 heavy (non-hydrogen) atoms. The zero-order valence-corrected chi connectivity index (χ0v) is 19.9. The number of fused-ring (bicyclic) bond motifs is 1. The monoisotopic (exact) mass is 499 g/mol. The average molecular weight is 500 g/mol. The summed E-state index contributed by atoms with van der Waals surface area (Å²) in [4.78, 5) is 16.3. The summed E-state index contributed by atoms with van der Waals surface area (Å²) < 4.78 is 47.6. The highest BCUT2D eigenvalue weighted by Crippen LogP contribution is 2.43. The fourth-order valence-corrected chi connectivity index (χ4v) is 5.31. The van der Waals surface area contributed by atoms with Crippen LogP contribution in [0.1, 0.15) is 57.9 Å². The predicted molar refractivity (Wildman–Crippen MR) is 130 cm³/mol. The fourth-order valence-electron chi connectivity index (χ4n) is 5.31. The number of anilines is 1. The Balaban J connectivity index is 1.48. The number of hydrogen-bond donors (Lipinski definition) is 3. The van der Waals surface area contributed by atoms with Gasteiger partial charge in [0, 0.05) is 36.2 Å². The number of nitrogens with zero attached hydrogens (tertiary/aromatic N) is 2. The van der Waals surface area contributed by atoms with Crippen LogP contribution in [0.5, 0.6) is 0 Å². The van der Waals surface area contributed by atoms with E-state index in [2.05, 4.69) is 5.32 Å². The first-order valence-electron chi connectivity index (χ1n) is 11.9. The largest absolute Gasteiger partial charge is 0.416 e. The Morgan fingerprint density at radius 3 is 2.69 bits per heavy atom. The minimum Gasteiger partial charge on any atom is -0.379 e. The van der Waals surface area contributed by atoms with E-state index in [0.717, 1.165) is 31.3 Å². The third-order valence-corrected chi connectivity index (χ3v) is 7.48. The molecule has 1 atom stereocenters. The molecule has 2 fully saturated rings. The Morgan fingerprint density at radius 1 is 1.31 bits per heavy atom. The van der Waals surface area contributed by atoms with Gasteiger partial charge in [-0.3, -0.25) is 15.6 Å². The number of hydrogen-bond acceptors (Lipinski definition) is 5. The molecular formula is C26H28F3N5O2. The first-order valence-corrected chi connectivity index (χ1v) is 11.9. The highest BCUT2D eigenvalue weighted by Gasteiger charge is 2.44. The summed E-state index contributed by atoms with van der Waals surface area (Å²) in [7, 11) is 1.63. The maximum atomic E-state index is 14.1. The molecule has 10 heteroatoms. The van der Waals surface area contributed by atoms with Gasteiger partial charge >= 0.3 is 6.18 Å². The van der Waals surface area contributed by atoms with Crippen molar-refractivity contribution in [1.82, 2.24) is 10.2 Å². The van der Waals surface area contributed by atoms with Gasteiger partial charge in [-0.05, 0) is 60.3 Å². The van der Waals surface area contributed by atoms with E-state index in [1.165, 1.54) is 15.9 Å². The van der Waals surface area contributed by atoms with Crippen molar-refractivity contribution in [2.75, 3.05) is 31.7 Å². The molecule has 2 aromatic rings. The Morgan fingerprint density at radius 2 is 2.08 bits per heavy atom. The molecule has 7 nitrogen and oxygen atoms in total. The standard InChI is InChI=1S/C26H28F3N5O2/c1-33(15-30)23(31)11-25(13-36-14-25)17-4-2-5-18(10-17)34-12-20-19(24(34)35)8-16(22-6-3-7-32-22)9-21(20)26(27,28)29/h2,4-5,8-10,15,22,30-32H,3,6-7,11-14H2,1H3. The van der Waals surface area contributed by atoms with Crippen molar-refractivity contribution in [3.8, 4) is 0 Å². The number of benzene rings is 2. The summed E-state index contributed by atoms with van der Waals surface area (Å²) in [6.45, 7) is 1.36. The lowest BCUT2D eigenvalue weighted by molar-refractivity contribution is -0.138. The van der Waals surface area contributed by atoms with E-state index < -0.39 is 23.1 Å². The number of ether oxygens (including phenoxy) is 1. The zero-order valence-electron chi connectivity index (χ0n) is 19.9. The van der Waals surface area contributed by atoms with Crippen molar-refractivity contribution in [2.45, 2.75) is 43.4 Å². The molecule has 1 unspecified atom stereocenters. The van der Waals surface area contributed by atoms with Gasteiger partial charge in [-0.1, -0.05) is 12.1 Å². The molecule has 3 heterocycles. The summed E-state index contributed by atoms with van der Waals surface area (Å²) in [5.74, 6) is -0.186. The van der Waals surface area contributed by atoms with Gasteiger partial charge in [-0.15, -0.1) is 0 Å². The molecular weight excluding hydrogens is 471 g/mol. The topological polar surface area (TPSA) is 92.5 Å². The lowest BCUT2D eigenvalue weighted by atomic mass is 9.75. The molecule has 190 valence electrons. The minimum absolute atomic E-state index is 0.00993. The molecule has 0 aliphatic carbocycles. The molecule has 3 aliphatic heterocycles. The number of nitrogens with one attached hydrogen (secondary N) is 3. The first kappa shape index (κ1) is 24.5. The predicted octanol–water partition coefficient (Wildman–Crippen LogP) is 4.46. The van der Waals surface area contributed by atoms with Crippen molar-refractivity contribution in [1.29, 1.82) is 10.8 Å². The number of rotatable bonds is 6. The summed E-state index contributed by atoms with van der Waals surface area (Å²) in [6.07, 6.45) is -1.53. The number of alkyl halides is 3. The summed E-state index contributed by atoms with van der Waals surface area (Å²) in [6, 6.07) is 9.84. The quantitative estimate of drug-likeness (QED) is 0.404. The Hall–Kier alpha value is -3.24. The number of carbonyl (C=O) groups is 1. The van der Waals surface area contributed by atoms with Gasteiger partial charge in [0.15, 0.2) is 0 Å². The van der Waals surface area contributed by atoms with E-state index in [4.69, 9.17) is 15.6 Å². The van der Waals surface area contributed by atoms with E-state index >= 15 is 0 Å². The van der Waals surface area contributed by atoms with Crippen LogP contribution in [-0.4, -0.2) is 49.8 Å². The van der Waals surface area contributed by atoms with E-state index in [9.17, 15) is 18.0 Å². The number of amides is 1. The second kappa shape index (κ2) is 9.01. The van der Waals surface area contributed by atoms with Gasteiger partial charge in [0.1, 0.15) is 5.84 Å². The smallest absolute Gasteiger partial charge is 0.379 e. The van der Waals surface area contributed by atoms with Crippen molar-refractivity contribution in [2.24, 2.45) is 0 Å². The SMILES string of the molecule is CN(C=N)C(=N)CC1(c2cccc(N3Cc4c(cc(C5CCCN5)cc4C(F)(F)F)C3=O)c2)COC1. The molecule has 0 spiro atoms. The van der Waals surface area contributed by atoms with E-state index in [-0.39, 0.29) is 29.5 Å². The van der Waals surface area contributed by atoms with Crippen LogP contribution in [0.3, 0.4) is 0 Å². The summed E-state index contributed by atoms with van der Waals surface area (Å²) >= 11 is 0. The van der Waals surface area contributed by atoms with E-state index in [0.29, 0.717) is 30.9 Å². The van der Waals surface area contributed by atoms with Gasteiger partial charge < -0.3 is 19.9 Å². The maximum absolute atomic E-state index is 14.1. The Kier molecular flexibility index (Phi) is 6.12. The Labute approximate surface area is 207 Å². The number of halogens is 3. The molecule has 0 saturated carbocycles. The summed E-state index contributed by atoms with van der Waals surface area (Å²) in [5.41, 5.74) is 0.749. The minimum atomic E-state index is -4.56. The van der Waals surface area contributed by atoms with Crippen LogP contribution in [-0.2, 0) is 22.9 Å². The average Bonchev–Trinajstić information content (AvgIpc) is 3.48. The highest BCUT2D eigenvalue weighted by atomic mass is 19.4.